The normalized spacial score (nSPS) is 12.3. The van der Waals surface area contributed by atoms with Gasteiger partial charge in [-0.25, -0.2) is 14.6 Å². The molecule has 7 nitrogen and oxygen atoms in total. The van der Waals surface area contributed by atoms with Gasteiger partial charge in [0, 0.05) is 6.04 Å². The molecule has 0 spiro atoms. The summed E-state index contributed by atoms with van der Waals surface area (Å²) < 4.78 is 7.14. The van der Waals surface area contributed by atoms with Gasteiger partial charge in [0.2, 0.25) is 0 Å². The predicted molar refractivity (Wildman–Crippen MR) is 92.1 cm³/mol. The molecule has 24 heavy (non-hydrogen) atoms. The SMILES string of the molecule is CCOc1ccc(C(C)Nc2ncnc3c2cnn3CCO)cc1. The maximum atomic E-state index is 9.09. The number of fused-ring (bicyclic) bond motifs is 1. The molecule has 7 heteroatoms. The van der Waals surface area contributed by atoms with Crippen LogP contribution in [0, 0.1) is 0 Å². The molecular formula is C17H21N5O2. The Labute approximate surface area is 140 Å². The van der Waals surface area contributed by atoms with Gasteiger partial charge in [-0.05, 0) is 31.5 Å². The van der Waals surface area contributed by atoms with Crippen LogP contribution >= 0.6 is 0 Å². The van der Waals surface area contributed by atoms with Crippen LogP contribution in [0.15, 0.2) is 36.8 Å². The van der Waals surface area contributed by atoms with E-state index in [-0.39, 0.29) is 12.6 Å². The molecule has 0 amide bonds. The van der Waals surface area contributed by atoms with Gasteiger partial charge < -0.3 is 15.2 Å². The van der Waals surface area contributed by atoms with E-state index in [0.29, 0.717) is 18.8 Å². The third-order valence-electron chi connectivity index (χ3n) is 3.79. The highest BCUT2D eigenvalue weighted by molar-refractivity contribution is 5.86. The van der Waals surface area contributed by atoms with E-state index in [4.69, 9.17) is 9.84 Å². The van der Waals surface area contributed by atoms with E-state index in [1.165, 1.54) is 6.33 Å². The van der Waals surface area contributed by atoms with E-state index < -0.39 is 0 Å². The maximum absolute atomic E-state index is 9.09. The van der Waals surface area contributed by atoms with Crippen LogP contribution in [-0.2, 0) is 6.54 Å². The number of rotatable bonds is 7. The second-order valence-electron chi connectivity index (χ2n) is 5.42. The summed E-state index contributed by atoms with van der Waals surface area (Å²) in [5.41, 5.74) is 1.84. The minimum Gasteiger partial charge on any atom is -0.494 e. The predicted octanol–water partition coefficient (Wildman–Crippen LogP) is 2.39. The van der Waals surface area contributed by atoms with Crippen molar-refractivity contribution in [3.63, 3.8) is 0 Å². The smallest absolute Gasteiger partial charge is 0.163 e. The summed E-state index contributed by atoms with van der Waals surface area (Å²) in [7, 11) is 0. The lowest BCUT2D eigenvalue weighted by Gasteiger charge is -2.16. The molecule has 2 aromatic heterocycles. The molecule has 0 aliphatic rings. The molecule has 3 aromatic rings. The van der Waals surface area contributed by atoms with Crippen LogP contribution in [0.4, 0.5) is 5.82 Å². The van der Waals surface area contributed by atoms with Crippen molar-refractivity contribution in [1.29, 1.82) is 0 Å². The van der Waals surface area contributed by atoms with Gasteiger partial charge in [-0.15, -0.1) is 0 Å². The molecule has 3 rings (SSSR count). The van der Waals surface area contributed by atoms with Gasteiger partial charge in [-0.3, -0.25) is 0 Å². The fourth-order valence-electron chi connectivity index (χ4n) is 2.57. The molecule has 2 heterocycles. The van der Waals surface area contributed by atoms with Crippen molar-refractivity contribution < 1.29 is 9.84 Å². The molecule has 1 unspecified atom stereocenters. The van der Waals surface area contributed by atoms with Crippen LogP contribution in [0.3, 0.4) is 0 Å². The Morgan fingerprint density at radius 1 is 1.25 bits per heavy atom. The number of hydrogen-bond acceptors (Lipinski definition) is 6. The summed E-state index contributed by atoms with van der Waals surface area (Å²) in [6.07, 6.45) is 3.23. The largest absolute Gasteiger partial charge is 0.494 e. The Hall–Kier alpha value is -2.67. The van der Waals surface area contributed by atoms with Gasteiger partial charge in [-0.1, -0.05) is 12.1 Å². The van der Waals surface area contributed by atoms with Crippen molar-refractivity contribution in [1.82, 2.24) is 19.7 Å². The third-order valence-corrected chi connectivity index (χ3v) is 3.79. The highest BCUT2D eigenvalue weighted by Gasteiger charge is 2.12. The average molecular weight is 327 g/mol. The molecule has 126 valence electrons. The number of ether oxygens (including phenoxy) is 1. The molecule has 1 aromatic carbocycles. The lowest BCUT2D eigenvalue weighted by Crippen LogP contribution is -2.09. The molecule has 1 atom stereocenters. The first-order valence-electron chi connectivity index (χ1n) is 7.99. The third kappa shape index (κ3) is 3.30. The second kappa shape index (κ2) is 7.27. The summed E-state index contributed by atoms with van der Waals surface area (Å²) in [6, 6.07) is 8.07. The molecule has 0 aliphatic heterocycles. The zero-order valence-corrected chi connectivity index (χ0v) is 13.8. The standard InChI is InChI=1S/C17H21N5O2/c1-3-24-14-6-4-13(5-7-14)12(2)21-16-15-10-20-22(8-9-23)17(15)19-11-18-16/h4-7,10-12,23H,3,8-9H2,1-2H3,(H,18,19,21). The van der Waals surface area contributed by atoms with Crippen LogP contribution in [0.5, 0.6) is 5.75 Å². The van der Waals surface area contributed by atoms with Crippen molar-refractivity contribution in [2.24, 2.45) is 0 Å². The van der Waals surface area contributed by atoms with Crippen molar-refractivity contribution in [3.05, 3.63) is 42.4 Å². The quantitative estimate of drug-likeness (QED) is 0.693. The summed E-state index contributed by atoms with van der Waals surface area (Å²) in [5.74, 6) is 1.59. The van der Waals surface area contributed by atoms with E-state index >= 15 is 0 Å². The molecule has 0 saturated heterocycles. The molecule has 0 aliphatic carbocycles. The second-order valence-corrected chi connectivity index (χ2v) is 5.42. The first-order valence-corrected chi connectivity index (χ1v) is 7.99. The van der Waals surface area contributed by atoms with Gasteiger partial charge in [0.1, 0.15) is 17.9 Å². The maximum Gasteiger partial charge on any atom is 0.163 e. The summed E-state index contributed by atoms with van der Waals surface area (Å²) >= 11 is 0. The zero-order valence-electron chi connectivity index (χ0n) is 13.8. The van der Waals surface area contributed by atoms with E-state index in [1.807, 2.05) is 31.2 Å². The zero-order chi connectivity index (χ0) is 16.9. The van der Waals surface area contributed by atoms with Crippen LogP contribution in [0.2, 0.25) is 0 Å². The number of anilines is 1. The Kier molecular flexibility index (Phi) is 4.90. The molecule has 2 N–H and O–H groups in total. The number of aliphatic hydroxyl groups excluding tert-OH is 1. The molecule has 0 radical (unpaired) electrons. The van der Waals surface area contributed by atoms with Gasteiger partial charge in [0.25, 0.3) is 0 Å². The molecule has 0 saturated carbocycles. The number of aliphatic hydroxyl groups is 1. The first-order chi connectivity index (χ1) is 11.7. The summed E-state index contributed by atoms with van der Waals surface area (Å²) in [5, 5.41) is 17.6. The molecular weight excluding hydrogens is 306 g/mol. The highest BCUT2D eigenvalue weighted by Crippen LogP contribution is 2.25. The summed E-state index contributed by atoms with van der Waals surface area (Å²) in [6.45, 7) is 5.13. The fourth-order valence-corrected chi connectivity index (χ4v) is 2.57. The van der Waals surface area contributed by atoms with Gasteiger partial charge in [0.15, 0.2) is 5.65 Å². The van der Waals surface area contributed by atoms with Crippen LogP contribution in [-0.4, -0.2) is 38.1 Å². The lowest BCUT2D eigenvalue weighted by atomic mass is 10.1. The Morgan fingerprint density at radius 2 is 2.04 bits per heavy atom. The van der Waals surface area contributed by atoms with Crippen LogP contribution < -0.4 is 10.1 Å². The number of hydrogen-bond donors (Lipinski definition) is 2. The van der Waals surface area contributed by atoms with E-state index in [1.54, 1.807) is 10.9 Å². The monoisotopic (exact) mass is 327 g/mol. The number of nitrogens with zero attached hydrogens (tertiary/aromatic N) is 4. The minimum absolute atomic E-state index is 0.0200. The summed E-state index contributed by atoms with van der Waals surface area (Å²) in [4.78, 5) is 8.58. The van der Waals surface area contributed by atoms with Crippen molar-refractivity contribution in [3.8, 4) is 5.75 Å². The van der Waals surface area contributed by atoms with Crippen LogP contribution in [0.1, 0.15) is 25.5 Å². The highest BCUT2D eigenvalue weighted by atomic mass is 16.5. The molecule has 0 fully saturated rings. The van der Waals surface area contributed by atoms with Gasteiger partial charge in [0.05, 0.1) is 31.3 Å². The van der Waals surface area contributed by atoms with E-state index in [0.717, 1.165) is 22.5 Å². The van der Waals surface area contributed by atoms with Gasteiger partial charge in [-0.2, -0.15) is 5.10 Å². The minimum atomic E-state index is 0.0200. The topological polar surface area (TPSA) is 85.1 Å². The van der Waals surface area contributed by atoms with E-state index in [9.17, 15) is 0 Å². The van der Waals surface area contributed by atoms with Crippen molar-refractivity contribution in [2.45, 2.75) is 26.4 Å². The van der Waals surface area contributed by atoms with Crippen molar-refractivity contribution >= 4 is 16.9 Å². The number of aromatic nitrogens is 4. The Morgan fingerprint density at radius 3 is 2.75 bits per heavy atom. The number of benzene rings is 1. The Bertz CT molecular complexity index is 800. The van der Waals surface area contributed by atoms with Crippen LogP contribution in [0.25, 0.3) is 11.0 Å². The Balaban J connectivity index is 1.81. The fraction of sp³-hybridized carbons (Fsp3) is 0.353. The van der Waals surface area contributed by atoms with Gasteiger partial charge >= 0.3 is 0 Å². The molecule has 0 bridgehead atoms. The van der Waals surface area contributed by atoms with Crippen molar-refractivity contribution in [2.75, 3.05) is 18.5 Å². The first kappa shape index (κ1) is 16.2. The van der Waals surface area contributed by atoms with E-state index in [2.05, 4.69) is 27.3 Å². The lowest BCUT2D eigenvalue weighted by molar-refractivity contribution is 0.271. The average Bonchev–Trinajstić information content (AvgIpc) is 3.00. The number of nitrogens with one attached hydrogen (secondary N) is 1.